The van der Waals surface area contributed by atoms with Gasteiger partial charge in [-0.3, -0.25) is 9.59 Å². The summed E-state index contributed by atoms with van der Waals surface area (Å²) >= 11 is 0. The van der Waals surface area contributed by atoms with E-state index < -0.39 is 46.9 Å². The first-order valence-corrected chi connectivity index (χ1v) is 11.1. The van der Waals surface area contributed by atoms with Crippen LogP contribution in [0.4, 0.5) is 22.0 Å². The van der Waals surface area contributed by atoms with Crippen molar-refractivity contribution in [2.24, 2.45) is 5.73 Å². The number of primary amides is 1. The van der Waals surface area contributed by atoms with Gasteiger partial charge in [0.2, 0.25) is 17.5 Å². The van der Waals surface area contributed by atoms with Gasteiger partial charge in [-0.2, -0.15) is 13.2 Å². The molecule has 1 heterocycles. The van der Waals surface area contributed by atoms with Crippen molar-refractivity contribution in [2.45, 2.75) is 62.3 Å². The molecule has 2 N–H and O–H groups in total. The van der Waals surface area contributed by atoms with E-state index in [0.29, 0.717) is 44.7 Å². The fourth-order valence-corrected chi connectivity index (χ4v) is 5.54. The van der Waals surface area contributed by atoms with Gasteiger partial charge in [-0.25, -0.2) is 8.78 Å². The molecule has 1 aliphatic heterocycles. The third-order valence-corrected chi connectivity index (χ3v) is 7.29. The Morgan fingerprint density at radius 1 is 1.12 bits per heavy atom. The lowest BCUT2D eigenvalue weighted by atomic mass is 9.63. The van der Waals surface area contributed by atoms with E-state index in [-0.39, 0.29) is 6.04 Å². The van der Waals surface area contributed by atoms with Crippen LogP contribution in [-0.4, -0.2) is 35.5 Å². The van der Waals surface area contributed by atoms with Crippen LogP contribution in [0.25, 0.3) is 0 Å². The summed E-state index contributed by atoms with van der Waals surface area (Å²) in [6, 6.07) is 9.59. The molecule has 9 heteroatoms. The number of hydrogen-bond donors (Lipinski definition) is 1. The number of halogens is 5. The van der Waals surface area contributed by atoms with Gasteiger partial charge < -0.3 is 10.6 Å². The second kappa shape index (κ2) is 8.36. The Hall–Kier alpha value is -2.97. The highest BCUT2D eigenvalue weighted by atomic mass is 19.4. The van der Waals surface area contributed by atoms with Crippen LogP contribution in [0.3, 0.4) is 0 Å². The van der Waals surface area contributed by atoms with Gasteiger partial charge in [0.15, 0.2) is 0 Å². The maximum absolute atomic E-state index is 14.7. The molecule has 0 radical (unpaired) electrons. The van der Waals surface area contributed by atoms with Crippen LogP contribution >= 0.6 is 0 Å². The smallest absolute Gasteiger partial charge is 0.369 e. The second-order valence-electron chi connectivity index (χ2n) is 9.37. The molecule has 0 spiro atoms. The van der Waals surface area contributed by atoms with Crippen molar-refractivity contribution in [3.05, 3.63) is 70.5 Å². The summed E-state index contributed by atoms with van der Waals surface area (Å²) in [5.74, 6) is -1.53. The molecule has 4 nitrogen and oxygen atoms in total. The zero-order valence-electron chi connectivity index (χ0n) is 18.6. The maximum atomic E-state index is 14.7. The predicted octanol–water partition coefficient (Wildman–Crippen LogP) is 4.48. The summed E-state index contributed by atoms with van der Waals surface area (Å²) < 4.78 is 68.1. The number of benzene rings is 2. The Kier molecular flexibility index (Phi) is 5.94. The Bertz CT molecular complexity index is 1110. The summed E-state index contributed by atoms with van der Waals surface area (Å²) in [5, 5.41) is 0. The van der Waals surface area contributed by atoms with Crippen molar-refractivity contribution in [3.8, 4) is 0 Å². The molecule has 0 saturated carbocycles. The molecule has 0 aromatic heterocycles. The molecule has 34 heavy (non-hydrogen) atoms. The summed E-state index contributed by atoms with van der Waals surface area (Å²) in [7, 11) is 0. The third-order valence-electron chi connectivity index (χ3n) is 7.29. The lowest BCUT2D eigenvalue weighted by molar-refractivity contribution is -0.228. The minimum atomic E-state index is -5.06. The van der Waals surface area contributed by atoms with Crippen molar-refractivity contribution in [1.82, 2.24) is 4.90 Å². The number of carbonyl (C=O) groups is 2. The average Bonchev–Trinajstić information content (AvgIpc) is 3.13. The summed E-state index contributed by atoms with van der Waals surface area (Å²) in [5.41, 5.74) is 2.76. The van der Waals surface area contributed by atoms with Crippen molar-refractivity contribution in [1.29, 1.82) is 0 Å². The van der Waals surface area contributed by atoms with E-state index in [0.717, 1.165) is 17.2 Å². The molecule has 182 valence electrons. The van der Waals surface area contributed by atoms with Gasteiger partial charge in [0, 0.05) is 18.0 Å². The van der Waals surface area contributed by atoms with Gasteiger partial charge >= 0.3 is 6.18 Å². The molecule has 2 aromatic carbocycles. The fraction of sp³-hybridized carbons (Fsp3) is 0.440. The molecule has 1 aliphatic carbocycles. The summed E-state index contributed by atoms with van der Waals surface area (Å²) in [4.78, 5) is 25.7. The van der Waals surface area contributed by atoms with E-state index >= 15 is 0 Å². The number of hydrogen-bond acceptors (Lipinski definition) is 2. The topological polar surface area (TPSA) is 63.4 Å². The lowest BCUT2D eigenvalue weighted by Crippen LogP contribution is -2.49. The Morgan fingerprint density at radius 3 is 2.41 bits per heavy atom. The van der Waals surface area contributed by atoms with Crippen LogP contribution in [0.15, 0.2) is 42.5 Å². The number of likely N-dealkylation sites (tertiary alicyclic amines) is 1. The fourth-order valence-electron chi connectivity index (χ4n) is 5.54. The Balaban J connectivity index is 1.79. The Labute approximate surface area is 193 Å². The summed E-state index contributed by atoms with van der Waals surface area (Å²) in [6.45, 7) is 0.858. The minimum Gasteiger partial charge on any atom is -0.369 e. The van der Waals surface area contributed by atoms with Gasteiger partial charge in [0.1, 0.15) is 12.2 Å². The van der Waals surface area contributed by atoms with Crippen molar-refractivity contribution < 1.29 is 31.5 Å². The van der Waals surface area contributed by atoms with Gasteiger partial charge in [0.25, 0.3) is 0 Å². The number of alkyl halides is 4. The van der Waals surface area contributed by atoms with Crippen LogP contribution in [0.2, 0.25) is 0 Å². The lowest BCUT2D eigenvalue weighted by Gasteiger charge is -2.44. The standard InChI is InChI=1S/C25H25F5N2O2/c1-23(27,25(28,29)30)17-5-8-19-16(12-17)4-9-20-24(19,14-15-2-6-18(26)7-3-15)10-11-32(20)22(34)13-21(31)33/h2-3,5-8,12,20H,4,9-11,13-14H2,1H3,(H2,31,33)/t20-,23?,24-/m1/s1. The number of nitrogens with two attached hydrogens (primary N) is 1. The number of rotatable bonds is 5. The second-order valence-corrected chi connectivity index (χ2v) is 9.37. The molecule has 2 aliphatic rings. The van der Waals surface area contributed by atoms with Crippen LogP contribution < -0.4 is 5.73 Å². The Morgan fingerprint density at radius 2 is 1.79 bits per heavy atom. The SMILES string of the molecule is CC(F)(c1ccc2c(c1)CC[C@H]1N(C(=O)CC(N)=O)CC[C@@]21Cc1ccc(F)cc1)C(F)(F)F. The molecule has 3 atom stereocenters. The van der Waals surface area contributed by atoms with Crippen molar-refractivity contribution in [3.63, 3.8) is 0 Å². The number of aryl methyl sites for hydroxylation is 1. The first-order valence-electron chi connectivity index (χ1n) is 11.1. The van der Waals surface area contributed by atoms with Crippen LogP contribution in [0, 0.1) is 5.82 Å². The third kappa shape index (κ3) is 4.05. The molecular weight excluding hydrogens is 455 g/mol. The van der Waals surface area contributed by atoms with Gasteiger partial charge in [-0.1, -0.05) is 30.3 Å². The van der Waals surface area contributed by atoms with E-state index in [9.17, 15) is 31.5 Å². The maximum Gasteiger partial charge on any atom is 0.426 e. The number of amides is 2. The quantitative estimate of drug-likeness (QED) is 0.507. The highest BCUT2D eigenvalue weighted by Gasteiger charge is 2.55. The van der Waals surface area contributed by atoms with E-state index in [1.54, 1.807) is 17.0 Å². The first-order chi connectivity index (χ1) is 15.8. The molecular formula is C25H25F5N2O2. The molecule has 2 amide bonds. The number of carbonyl (C=O) groups excluding carboxylic acids is 2. The molecule has 1 unspecified atom stereocenters. The zero-order valence-corrected chi connectivity index (χ0v) is 18.6. The van der Waals surface area contributed by atoms with Crippen LogP contribution in [0.1, 0.15) is 48.4 Å². The predicted molar refractivity (Wildman–Crippen MR) is 115 cm³/mol. The molecule has 4 rings (SSSR count). The average molecular weight is 480 g/mol. The molecule has 1 fully saturated rings. The van der Waals surface area contributed by atoms with Crippen molar-refractivity contribution >= 4 is 11.8 Å². The molecule has 2 aromatic rings. The van der Waals surface area contributed by atoms with Gasteiger partial charge in [-0.05, 0) is 67.0 Å². The van der Waals surface area contributed by atoms with Crippen LogP contribution in [-0.2, 0) is 33.5 Å². The normalized spacial score (nSPS) is 23.7. The van der Waals surface area contributed by atoms with Crippen molar-refractivity contribution in [2.75, 3.05) is 6.54 Å². The monoisotopic (exact) mass is 480 g/mol. The van der Waals surface area contributed by atoms with E-state index in [4.69, 9.17) is 5.73 Å². The summed E-state index contributed by atoms with van der Waals surface area (Å²) in [6.07, 6.45) is -3.78. The minimum absolute atomic E-state index is 0.317. The zero-order chi connectivity index (χ0) is 24.9. The number of fused-ring (bicyclic) bond motifs is 3. The highest BCUT2D eigenvalue weighted by molar-refractivity contribution is 5.96. The first kappa shape index (κ1) is 24.2. The van der Waals surface area contributed by atoms with E-state index in [2.05, 4.69) is 0 Å². The highest BCUT2D eigenvalue weighted by Crippen LogP contribution is 2.51. The van der Waals surface area contributed by atoms with Gasteiger partial charge in [-0.15, -0.1) is 0 Å². The molecule has 1 saturated heterocycles. The van der Waals surface area contributed by atoms with E-state index in [1.165, 1.54) is 24.3 Å². The number of nitrogens with zero attached hydrogens (tertiary/aromatic N) is 1. The van der Waals surface area contributed by atoms with Gasteiger partial charge in [0.05, 0.1) is 0 Å². The van der Waals surface area contributed by atoms with Crippen LogP contribution in [0.5, 0.6) is 0 Å². The largest absolute Gasteiger partial charge is 0.426 e. The van der Waals surface area contributed by atoms with E-state index in [1.807, 2.05) is 0 Å². The molecule has 0 bridgehead atoms.